The summed E-state index contributed by atoms with van der Waals surface area (Å²) >= 11 is 0. The summed E-state index contributed by atoms with van der Waals surface area (Å²) in [5.41, 5.74) is 0. The zero-order valence-corrected chi connectivity index (χ0v) is 5.55. The van der Waals surface area contributed by atoms with E-state index >= 15 is 0 Å². The van der Waals surface area contributed by atoms with Gasteiger partial charge in [-0.15, -0.1) is 0 Å². The van der Waals surface area contributed by atoms with Gasteiger partial charge in [0.2, 0.25) is 0 Å². The van der Waals surface area contributed by atoms with E-state index in [0.29, 0.717) is 6.42 Å². The van der Waals surface area contributed by atoms with E-state index in [4.69, 9.17) is 0 Å². The van der Waals surface area contributed by atoms with Gasteiger partial charge >= 0.3 is 5.92 Å². The molecule has 0 radical (unpaired) electrons. The molecular formula is C4H8F3P. The molecule has 0 aliphatic rings. The molecule has 0 saturated carbocycles. The summed E-state index contributed by atoms with van der Waals surface area (Å²) in [6.45, 7) is 1.75. The summed E-state index contributed by atoms with van der Waals surface area (Å²) in [5, 5.41) is 0. The molecular weight excluding hydrogens is 136 g/mol. The van der Waals surface area contributed by atoms with Crippen molar-refractivity contribution >= 4 is 8.58 Å². The fraction of sp³-hybridized carbons (Fsp3) is 1.00. The molecule has 1 atom stereocenters. The van der Waals surface area contributed by atoms with Crippen molar-refractivity contribution in [3.63, 3.8) is 0 Å². The lowest BCUT2D eigenvalue weighted by molar-refractivity contribution is -0.0370. The largest absolute Gasteiger partial charge is 0.402 e. The molecule has 0 nitrogen and oxygen atoms in total. The van der Waals surface area contributed by atoms with Gasteiger partial charge in [0.05, 0.1) is 0 Å². The van der Waals surface area contributed by atoms with Gasteiger partial charge < -0.3 is 0 Å². The fourth-order valence-electron chi connectivity index (χ4n) is 0.267. The minimum Gasteiger partial charge on any atom is -0.167 e. The summed E-state index contributed by atoms with van der Waals surface area (Å²) in [7, 11) is -0.858. The van der Waals surface area contributed by atoms with Crippen LogP contribution in [0.25, 0.3) is 0 Å². The van der Waals surface area contributed by atoms with E-state index in [0.717, 1.165) is 0 Å². The van der Waals surface area contributed by atoms with E-state index in [9.17, 15) is 13.2 Å². The molecule has 0 aromatic heterocycles. The van der Waals surface area contributed by atoms with Gasteiger partial charge in [-0.3, -0.25) is 0 Å². The highest BCUT2D eigenvalue weighted by Crippen LogP contribution is 2.36. The summed E-state index contributed by atoms with van der Waals surface area (Å²) in [5.74, 6) is -3.92. The maximum atomic E-state index is 11.3. The molecule has 0 aromatic rings. The van der Waals surface area contributed by atoms with Crippen LogP contribution in [-0.2, 0) is 0 Å². The Hall–Kier alpha value is 0.220. The van der Waals surface area contributed by atoms with E-state index < -0.39 is 14.5 Å². The van der Waals surface area contributed by atoms with E-state index in [2.05, 4.69) is 0 Å². The Morgan fingerprint density at radius 2 is 1.88 bits per heavy atom. The number of hydrogen-bond acceptors (Lipinski definition) is 0. The van der Waals surface area contributed by atoms with Crippen LogP contribution < -0.4 is 0 Å². The highest BCUT2D eigenvalue weighted by atomic mass is 31.1. The van der Waals surface area contributed by atoms with Gasteiger partial charge in [0.25, 0.3) is 0 Å². The van der Waals surface area contributed by atoms with Gasteiger partial charge in [-0.05, 0) is 14.7 Å². The second-order valence-electron chi connectivity index (χ2n) is 1.42. The number of hydrogen-bond donors (Lipinski definition) is 0. The first-order valence-electron chi connectivity index (χ1n) is 2.38. The second-order valence-corrected chi connectivity index (χ2v) is 2.85. The van der Waals surface area contributed by atoms with Crippen molar-refractivity contribution in [2.24, 2.45) is 0 Å². The molecule has 0 rings (SSSR count). The first-order chi connectivity index (χ1) is 3.56. The van der Waals surface area contributed by atoms with Crippen LogP contribution in [0.1, 0.15) is 13.3 Å². The lowest BCUT2D eigenvalue weighted by atomic mass is 10.6. The molecule has 0 aliphatic heterocycles. The molecule has 50 valence electrons. The SMILES string of the molecule is CCCPC(F)(F)F. The van der Waals surface area contributed by atoms with Gasteiger partial charge in [-0.2, -0.15) is 13.2 Å². The van der Waals surface area contributed by atoms with Crippen LogP contribution in [0.4, 0.5) is 13.2 Å². The lowest BCUT2D eigenvalue weighted by Gasteiger charge is -2.02. The third-order valence-corrected chi connectivity index (χ3v) is 1.73. The van der Waals surface area contributed by atoms with E-state index in [1.54, 1.807) is 6.92 Å². The van der Waals surface area contributed by atoms with Crippen molar-refractivity contribution in [1.29, 1.82) is 0 Å². The first kappa shape index (κ1) is 8.22. The third-order valence-electron chi connectivity index (χ3n) is 0.575. The molecule has 1 unspecified atom stereocenters. The van der Waals surface area contributed by atoms with Gasteiger partial charge in [-0.1, -0.05) is 13.3 Å². The minimum absolute atomic E-state index is 0.281. The van der Waals surface area contributed by atoms with Crippen LogP contribution in [0, 0.1) is 0 Å². The Morgan fingerprint density at radius 1 is 1.38 bits per heavy atom. The summed E-state index contributed by atoms with van der Waals surface area (Å²) in [6, 6.07) is 0. The van der Waals surface area contributed by atoms with Gasteiger partial charge in [-0.25, -0.2) is 0 Å². The quantitative estimate of drug-likeness (QED) is 0.522. The van der Waals surface area contributed by atoms with Crippen molar-refractivity contribution < 1.29 is 13.2 Å². The molecule has 0 saturated heterocycles. The normalized spacial score (nSPS) is 13.5. The van der Waals surface area contributed by atoms with Crippen LogP contribution in [0.2, 0.25) is 0 Å². The van der Waals surface area contributed by atoms with Crippen LogP contribution in [-0.4, -0.2) is 12.1 Å². The molecule has 0 heterocycles. The molecule has 0 fully saturated rings. The molecule has 4 heteroatoms. The van der Waals surface area contributed by atoms with Crippen LogP contribution in [0.3, 0.4) is 0 Å². The van der Waals surface area contributed by atoms with Crippen molar-refractivity contribution in [2.75, 3.05) is 6.16 Å². The highest BCUT2D eigenvalue weighted by Gasteiger charge is 2.25. The molecule has 0 aromatic carbocycles. The topological polar surface area (TPSA) is 0 Å². The monoisotopic (exact) mass is 144 g/mol. The Balaban J connectivity index is 3.11. The van der Waals surface area contributed by atoms with Gasteiger partial charge in [0, 0.05) is 0 Å². The van der Waals surface area contributed by atoms with Gasteiger partial charge in [0.15, 0.2) is 0 Å². The molecule has 0 bridgehead atoms. The zero-order valence-electron chi connectivity index (χ0n) is 4.55. The third kappa shape index (κ3) is 6.22. The predicted molar refractivity (Wildman–Crippen MR) is 29.5 cm³/mol. The van der Waals surface area contributed by atoms with Crippen molar-refractivity contribution in [3.8, 4) is 0 Å². The maximum absolute atomic E-state index is 11.3. The van der Waals surface area contributed by atoms with E-state index in [1.807, 2.05) is 0 Å². The number of rotatable bonds is 2. The van der Waals surface area contributed by atoms with Crippen molar-refractivity contribution in [1.82, 2.24) is 0 Å². The number of alkyl halides is 3. The zero-order chi connectivity index (χ0) is 6.62. The summed E-state index contributed by atoms with van der Waals surface area (Å²) in [6.07, 6.45) is 0.904. The second kappa shape index (κ2) is 3.29. The lowest BCUT2D eigenvalue weighted by Crippen LogP contribution is -1.97. The van der Waals surface area contributed by atoms with Crippen LogP contribution >= 0.6 is 8.58 Å². The van der Waals surface area contributed by atoms with Crippen molar-refractivity contribution in [2.45, 2.75) is 19.3 Å². The van der Waals surface area contributed by atoms with E-state index in [1.165, 1.54) is 0 Å². The standard InChI is InChI=1S/C4H8F3P/c1-2-3-8-4(5,6)7/h8H,2-3H2,1H3. The molecule has 8 heavy (non-hydrogen) atoms. The molecule has 0 spiro atoms. The van der Waals surface area contributed by atoms with Gasteiger partial charge in [0.1, 0.15) is 0 Å². The van der Waals surface area contributed by atoms with Crippen LogP contribution in [0.15, 0.2) is 0 Å². The Labute approximate surface area is 48.2 Å². The molecule has 0 N–H and O–H groups in total. The minimum atomic E-state index is -3.92. The smallest absolute Gasteiger partial charge is 0.167 e. The Bertz CT molecular complexity index is 58.8. The Morgan fingerprint density at radius 3 is 2.00 bits per heavy atom. The fourth-order valence-corrected chi connectivity index (χ4v) is 0.800. The first-order valence-corrected chi connectivity index (χ1v) is 3.58. The van der Waals surface area contributed by atoms with E-state index in [-0.39, 0.29) is 6.16 Å². The van der Waals surface area contributed by atoms with Crippen LogP contribution in [0.5, 0.6) is 0 Å². The number of halogens is 3. The summed E-state index contributed by atoms with van der Waals surface area (Å²) in [4.78, 5) is 0. The van der Waals surface area contributed by atoms with Crippen molar-refractivity contribution in [3.05, 3.63) is 0 Å². The average molecular weight is 144 g/mol. The molecule has 0 aliphatic carbocycles. The summed E-state index contributed by atoms with van der Waals surface area (Å²) < 4.78 is 33.8. The predicted octanol–water partition coefficient (Wildman–Crippen LogP) is 2.59. The molecule has 0 amide bonds. The Kier molecular flexibility index (Phi) is 3.38. The average Bonchev–Trinajstić information content (AvgIpc) is 1.59. The highest BCUT2D eigenvalue weighted by molar-refractivity contribution is 7.39. The maximum Gasteiger partial charge on any atom is 0.402 e.